The van der Waals surface area contributed by atoms with E-state index in [0.717, 1.165) is 11.3 Å². The van der Waals surface area contributed by atoms with Crippen molar-refractivity contribution < 1.29 is 4.74 Å². The van der Waals surface area contributed by atoms with Crippen LogP contribution >= 0.6 is 0 Å². The Bertz CT molecular complexity index is 497. The number of hydrogen-bond acceptors (Lipinski definition) is 5. The average Bonchev–Trinajstić information content (AvgIpc) is 2.78. The molecule has 1 N–H and O–H groups in total. The molecule has 0 amide bonds. The van der Waals surface area contributed by atoms with E-state index in [1.807, 2.05) is 38.2 Å². The van der Waals surface area contributed by atoms with Crippen LogP contribution in [0.5, 0.6) is 5.75 Å². The van der Waals surface area contributed by atoms with Gasteiger partial charge in [-0.25, -0.2) is 0 Å². The van der Waals surface area contributed by atoms with Crippen molar-refractivity contribution >= 4 is 0 Å². The topological polar surface area (TPSA) is 64.9 Å². The number of ether oxygens (including phenoxy) is 1. The van der Waals surface area contributed by atoms with Gasteiger partial charge >= 0.3 is 0 Å². The Labute approximate surface area is 106 Å². The maximum absolute atomic E-state index is 5.45. The smallest absolute Gasteiger partial charge is 0.188 e. The first-order chi connectivity index (χ1) is 8.81. The van der Waals surface area contributed by atoms with Crippen LogP contribution in [0.2, 0.25) is 0 Å². The standard InChI is InChI=1S/C12H17N5O/c1-3-18-11-6-4-5-10(7-11)9-17-15-12(8-13-2)14-16-17/h4-7,13H,3,8-9H2,1-2H3. The van der Waals surface area contributed by atoms with Crippen molar-refractivity contribution in [3.05, 3.63) is 35.7 Å². The summed E-state index contributed by atoms with van der Waals surface area (Å²) in [6.07, 6.45) is 0. The van der Waals surface area contributed by atoms with Gasteiger partial charge in [0, 0.05) is 0 Å². The predicted molar refractivity (Wildman–Crippen MR) is 67.3 cm³/mol. The molecule has 1 heterocycles. The van der Waals surface area contributed by atoms with Crippen LogP contribution in [-0.4, -0.2) is 33.9 Å². The van der Waals surface area contributed by atoms with Crippen molar-refractivity contribution in [1.82, 2.24) is 25.5 Å². The first kappa shape index (κ1) is 12.5. The molecule has 96 valence electrons. The lowest BCUT2D eigenvalue weighted by molar-refractivity contribution is 0.339. The van der Waals surface area contributed by atoms with E-state index < -0.39 is 0 Å². The number of nitrogens with one attached hydrogen (secondary N) is 1. The molecule has 6 heteroatoms. The van der Waals surface area contributed by atoms with E-state index in [9.17, 15) is 0 Å². The van der Waals surface area contributed by atoms with Crippen LogP contribution in [0.15, 0.2) is 24.3 Å². The van der Waals surface area contributed by atoms with Crippen LogP contribution in [0.4, 0.5) is 0 Å². The Morgan fingerprint density at radius 3 is 3.06 bits per heavy atom. The molecule has 0 bridgehead atoms. The monoisotopic (exact) mass is 247 g/mol. The molecule has 1 aromatic heterocycles. The van der Waals surface area contributed by atoms with Crippen LogP contribution in [0.3, 0.4) is 0 Å². The van der Waals surface area contributed by atoms with Gasteiger partial charge in [-0.3, -0.25) is 0 Å². The summed E-state index contributed by atoms with van der Waals surface area (Å²) in [5, 5.41) is 15.2. The first-order valence-electron chi connectivity index (χ1n) is 5.95. The normalized spacial score (nSPS) is 10.6. The van der Waals surface area contributed by atoms with Gasteiger partial charge in [0.15, 0.2) is 5.82 Å². The second kappa shape index (κ2) is 6.11. The quantitative estimate of drug-likeness (QED) is 0.819. The van der Waals surface area contributed by atoms with Crippen LogP contribution in [-0.2, 0) is 13.1 Å². The largest absolute Gasteiger partial charge is 0.494 e. The molecule has 0 unspecified atom stereocenters. The molecule has 2 rings (SSSR count). The third kappa shape index (κ3) is 3.27. The minimum Gasteiger partial charge on any atom is -0.494 e. The van der Waals surface area contributed by atoms with Crippen LogP contribution in [0.1, 0.15) is 18.3 Å². The molecule has 0 atom stereocenters. The van der Waals surface area contributed by atoms with Crippen molar-refractivity contribution in [2.45, 2.75) is 20.0 Å². The third-order valence-electron chi connectivity index (χ3n) is 2.36. The summed E-state index contributed by atoms with van der Waals surface area (Å²) >= 11 is 0. The fourth-order valence-electron chi connectivity index (χ4n) is 1.64. The molecule has 6 nitrogen and oxygen atoms in total. The molecule has 0 fully saturated rings. The average molecular weight is 247 g/mol. The van der Waals surface area contributed by atoms with Gasteiger partial charge in [-0.05, 0) is 36.9 Å². The van der Waals surface area contributed by atoms with Crippen molar-refractivity contribution in [2.24, 2.45) is 0 Å². The second-order valence-electron chi connectivity index (χ2n) is 3.85. The van der Waals surface area contributed by atoms with Gasteiger partial charge in [0.25, 0.3) is 0 Å². The number of benzene rings is 1. The van der Waals surface area contributed by atoms with E-state index in [0.29, 0.717) is 25.5 Å². The van der Waals surface area contributed by atoms with Crippen molar-refractivity contribution in [3.8, 4) is 5.75 Å². The Morgan fingerprint density at radius 1 is 1.39 bits per heavy atom. The highest BCUT2D eigenvalue weighted by Gasteiger charge is 2.03. The lowest BCUT2D eigenvalue weighted by Crippen LogP contribution is -2.08. The minimum absolute atomic E-state index is 0.595. The summed E-state index contributed by atoms with van der Waals surface area (Å²) in [6, 6.07) is 7.91. The lowest BCUT2D eigenvalue weighted by Gasteiger charge is -2.05. The Balaban J connectivity index is 2.05. The number of nitrogens with zero attached hydrogens (tertiary/aromatic N) is 4. The van der Waals surface area contributed by atoms with Crippen LogP contribution in [0, 0.1) is 0 Å². The summed E-state index contributed by atoms with van der Waals surface area (Å²) in [7, 11) is 1.85. The molecule has 0 saturated carbocycles. The van der Waals surface area contributed by atoms with Crippen LogP contribution in [0.25, 0.3) is 0 Å². The van der Waals surface area contributed by atoms with E-state index >= 15 is 0 Å². The Morgan fingerprint density at radius 2 is 2.28 bits per heavy atom. The zero-order chi connectivity index (χ0) is 12.8. The summed E-state index contributed by atoms with van der Waals surface area (Å²) in [6.45, 7) is 3.85. The highest BCUT2D eigenvalue weighted by Crippen LogP contribution is 2.13. The second-order valence-corrected chi connectivity index (χ2v) is 3.85. The Hall–Kier alpha value is -1.95. The molecule has 0 saturated heterocycles. The van der Waals surface area contributed by atoms with Gasteiger partial charge in [-0.1, -0.05) is 12.1 Å². The summed E-state index contributed by atoms with van der Waals surface area (Å²) in [4.78, 5) is 1.58. The van der Waals surface area contributed by atoms with Gasteiger partial charge in [0.05, 0.1) is 19.7 Å². The van der Waals surface area contributed by atoms with Gasteiger partial charge in [0.1, 0.15) is 5.75 Å². The molecule has 0 aliphatic heterocycles. The maximum atomic E-state index is 5.45. The SMILES string of the molecule is CCOc1cccc(Cn2nnc(CNC)n2)c1. The molecule has 18 heavy (non-hydrogen) atoms. The number of aromatic nitrogens is 4. The van der Waals surface area contributed by atoms with Crippen molar-refractivity contribution in [1.29, 1.82) is 0 Å². The number of tetrazole rings is 1. The van der Waals surface area contributed by atoms with Gasteiger partial charge in [-0.2, -0.15) is 4.80 Å². The minimum atomic E-state index is 0.595. The molecule has 0 aliphatic carbocycles. The fraction of sp³-hybridized carbons (Fsp3) is 0.417. The molecule has 2 aromatic rings. The van der Waals surface area contributed by atoms with Gasteiger partial charge < -0.3 is 10.1 Å². The molecular formula is C12H17N5O. The lowest BCUT2D eigenvalue weighted by atomic mass is 10.2. The van der Waals surface area contributed by atoms with Gasteiger partial charge in [0.2, 0.25) is 0 Å². The van der Waals surface area contributed by atoms with E-state index in [4.69, 9.17) is 4.74 Å². The van der Waals surface area contributed by atoms with E-state index in [1.165, 1.54) is 0 Å². The van der Waals surface area contributed by atoms with Gasteiger partial charge in [-0.15, -0.1) is 10.2 Å². The third-order valence-corrected chi connectivity index (χ3v) is 2.36. The number of rotatable bonds is 6. The fourth-order valence-corrected chi connectivity index (χ4v) is 1.64. The highest BCUT2D eigenvalue weighted by atomic mass is 16.5. The van der Waals surface area contributed by atoms with E-state index in [1.54, 1.807) is 4.80 Å². The summed E-state index contributed by atoms with van der Waals surface area (Å²) in [5.74, 6) is 1.56. The molecule has 0 aliphatic rings. The zero-order valence-electron chi connectivity index (χ0n) is 10.6. The zero-order valence-corrected chi connectivity index (χ0v) is 10.6. The molecular weight excluding hydrogens is 230 g/mol. The molecule has 1 aromatic carbocycles. The summed E-state index contributed by atoms with van der Waals surface area (Å²) in [5.41, 5.74) is 1.09. The first-order valence-corrected chi connectivity index (χ1v) is 5.95. The molecule has 0 spiro atoms. The summed E-state index contributed by atoms with van der Waals surface area (Å²) < 4.78 is 5.45. The molecule has 0 radical (unpaired) electrons. The van der Waals surface area contributed by atoms with Crippen molar-refractivity contribution in [3.63, 3.8) is 0 Å². The Kier molecular flexibility index (Phi) is 4.25. The number of hydrogen-bond donors (Lipinski definition) is 1. The van der Waals surface area contributed by atoms with Crippen LogP contribution < -0.4 is 10.1 Å². The highest BCUT2D eigenvalue weighted by molar-refractivity contribution is 5.28. The van der Waals surface area contributed by atoms with E-state index in [2.05, 4.69) is 20.7 Å². The maximum Gasteiger partial charge on any atom is 0.188 e. The van der Waals surface area contributed by atoms with E-state index in [-0.39, 0.29) is 0 Å². The van der Waals surface area contributed by atoms with Crippen molar-refractivity contribution in [2.75, 3.05) is 13.7 Å². The predicted octanol–water partition coefficient (Wildman–Crippen LogP) is 0.839.